The Labute approximate surface area is 128 Å². The van der Waals surface area contributed by atoms with Gasteiger partial charge in [-0.1, -0.05) is 0 Å². The Morgan fingerprint density at radius 3 is 2.86 bits per heavy atom. The van der Waals surface area contributed by atoms with Crippen LogP contribution < -0.4 is 10.9 Å². The first-order valence-corrected chi connectivity index (χ1v) is 8.29. The van der Waals surface area contributed by atoms with Gasteiger partial charge in [-0.05, 0) is 45.3 Å². The minimum absolute atomic E-state index is 0.0896. The molecule has 0 fully saturated rings. The molecule has 0 atom stereocenters. The zero-order valence-electron chi connectivity index (χ0n) is 12.9. The van der Waals surface area contributed by atoms with Gasteiger partial charge in [0, 0.05) is 25.0 Å². The third-order valence-corrected chi connectivity index (χ3v) is 5.22. The van der Waals surface area contributed by atoms with Crippen molar-refractivity contribution in [2.24, 2.45) is 7.05 Å². The molecule has 0 aromatic carbocycles. The highest BCUT2D eigenvalue weighted by atomic mass is 32.1. The molecule has 0 radical (unpaired) electrons. The van der Waals surface area contributed by atoms with Crippen LogP contribution in [0.25, 0.3) is 10.2 Å². The van der Waals surface area contributed by atoms with Crippen molar-refractivity contribution < 1.29 is 0 Å². The van der Waals surface area contributed by atoms with Gasteiger partial charge in [0.05, 0.1) is 5.39 Å². The minimum atomic E-state index is 0.0896. The van der Waals surface area contributed by atoms with Gasteiger partial charge in [-0.25, -0.2) is 4.98 Å². The number of hydrogen-bond acceptors (Lipinski definition) is 5. The zero-order chi connectivity index (χ0) is 15.0. The van der Waals surface area contributed by atoms with Crippen LogP contribution in [-0.4, -0.2) is 41.6 Å². The molecule has 0 saturated heterocycles. The fourth-order valence-corrected chi connectivity index (χ4v) is 4.09. The average molecular weight is 306 g/mol. The summed E-state index contributed by atoms with van der Waals surface area (Å²) in [4.78, 5) is 21.7. The highest BCUT2D eigenvalue weighted by Gasteiger charge is 2.20. The van der Waals surface area contributed by atoms with Crippen LogP contribution >= 0.6 is 11.3 Å². The van der Waals surface area contributed by atoms with Crippen molar-refractivity contribution in [3.8, 4) is 0 Å². The predicted octanol–water partition coefficient (Wildman–Crippen LogP) is 1.85. The van der Waals surface area contributed by atoms with Crippen LogP contribution in [0.5, 0.6) is 0 Å². The van der Waals surface area contributed by atoms with E-state index >= 15 is 0 Å². The lowest BCUT2D eigenvalue weighted by Crippen LogP contribution is -2.26. The topological polar surface area (TPSA) is 50.2 Å². The van der Waals surface area contributed by atoms with Gasteiger partial charge in [-0.3, -0.25) is 9.36 Å². The lowest BCUT2D eigenvalue weighted by atomic mass is 9.97. The van der Waals surface area contributed by atoms with Gasteiger partial charge in [0.15, 0.2) is 0 Å². The summed E-state index contributed by atoms with van der Waals surface area (Å²) >= 11 is 1.70. The number of aromatic nitrogens is 2. The summed E-state index contributed by atoms with van der Waals surface area (Å²) in [5, 5.41) is 4.13. The van der Waals surface area contributed by atoms with Gasteiger partial charge in [-0.2, -0.15) is 0 Å². The predicted molar refractivity (Wildman–Crippen MR) is 88.5 cm³/mol. The van der Waals surface area contributed by atoms with Gasteiger partial charge >= 0.3 is 0 Å². The third kappa shape index (κ3) is 2.70. The highest BCUT2D eigenvalue weighted by Crippen LogP contribution is 2.34. The van der Waals surface area contributed by atoms with E-state index in [0.717, 1.165) is 36.1 Å². The molecule has 0 aliphatic heterocycles. The van der Waals surface area contributed by atoms with E-state index in [1.54, 1.807) is 23.0 Å². The minimum Gasteiger partial charge on any atom is -0.354 e. The molecule has 0 amide bonds. The molecule has 6 heteroatoms. The summed E-state index contributed by atoms with van der Waals surface area (Å²) in [5.41, 5.74) is 1.35. The second kappa shape index (κ2) is 5.77. The largest absolute Gasteiger partial charge is 0.354 e. The lowest BCUT2D eigenvalue weighted by Gasteiger charge is -2.13. The molecule has 1 N–H and O–H groups in total. The quantitative estimate of drug-likeness (QED) is 0.936. The van der Waals surface area contributed by atoms with Crippen molar-refractivity contribution in [1.29, 1.82) is 0 Å². The van der Waals surface area contributed by atoms with E-state index in [0.29, 0.717) is 5.95 Å². The first kappa shape index (κ1) is 14.5. The molecule has 2 heterocycles. The lowest BCUT2D eigenvalue weighted by molar-refractivity contribution is 0.424. The monoisotopic (exact) mass is 306 g/mol. The summed E-state index contributed by atoms with van der Waals surface area (Å²) in [7, 11) is 5.87. The molecular weight excluding hydrogens is 284 g/mol. The van der Waals surface area contributed by atoms with Crippen molar-refractivity contribution in [2.45, 2.75) is 25.7 Å². The molecule has 0 bridgehead atoms. The van der Waals surface area contributed by atoms with Crippen LogP contribution in [0.1, 0.15) is 23.3 Å². The second-order valence-corrected chi connectivity index (χ2v) is 7.00. The van der Waals surface area contributed by atoms with Gasteiger partial charge < -0.3 is 10.2 Å². The summed E-state index contributed by atoms with van der Waals surface area (Å²) in [5.74, 6) is 0.674. The van der Waals surface area contributed by atoms with Crippen LogP contribution in [0.2, 0.25) is 0 Å². The third-order valence-electron chi connectivity index (χ3n) is 4.04. The fourth-order valence-electron chi connectivity index (χ4n) is 2.84. The molecule has 0 spiro atoms. The van der Waals surface area contributed by atoms with Crippen molar-refractivity contribution in [2.75, 3.05) is 32.5 Å². The summed E-state index contributed by atoms with van der Waals surface area (Å²) < 4.78 is 1.65. The van der Waals surface area contributed by atoms with E-state index in [9.17, 15) is 4.79 Å². The SMILES string of the molecule is CN(C)CCNc1nc2sc3c(c2c(=O)n1C)CCCC3. The average Bonchev–Trinajstić information content (AvgIpc) is 2.82. The number of anilines is 1. The van der Waals surface area contributed by atoms with Crippen molar-refractivity contribution in [3.05, 3.63) is 20.8 Å². The first-order valence-electron chi connectivity index (χ1n) is 7.48. The maximum absolute atomic E-state index is 12.7. The van der Waals surface area contributed by atoms with Crippen LogP contribution in [0.4, 0.5) is 5.95 Å². The number of fused-ring (bicyclic) bond motifs is 3. The van der Waals surface area contributed by atoms with E-state index in [-0.39, 0.29) is 5.56 Å². The molecule has 2 aromatic heterocycles. The number of rotatable bonds is 4. The Bertz CT molecular complexity index is 717. The first-order chi connectivity index (χ1) is 10.1. The number of hydrogen-bond donors (Lipinski definition) is 1. The molecule has 3 rings (SSSR count). The molecule has 1 aliphatic carbocycles. The highest BCUT2D eigenvalue weighted by molar-refractivity contribution is 7.18. The summed E-state index contributed by atoms with van der Waals surface area (Å²) in [6, 6.07) is 0. The standard InChI is InChI=1S/C15H22N4OS/c1-18(2)9-8-16-15-17-13-12(14(20)19(15)3)10-6-4-5-7-11(10)21-13/h4-9H2,1-3H3,(H,16,17). The number of likely N-dealkylation sites (N-methyl/N-ethyl adjacent to an activating group) is 1. The van der Waals surface area contributed by atoms with E-state index in [1.165, 1.54) is 23.3 Å². The van der Waals surface area contributed by atoms with E-state index in [4.69, 9.17) is 0 Å². The van der Waals surface area contributed by atoms with Crippen molar-refractivity contribution >= 4 is 27.5 Å². The molecular formula is C15H22N4OS. The molecule has 21 heavy (non-hydrogen) atoms. The summed E-state index contributed by atoms with van der Waals surface area (Å²) in [6.45, 7) is 1.69. The zero-order valence-corrected chi connectivity index (χ0v) is 13.7. The van der Waals surface area contributed by atoms with Gasteiger partial charge in [0.2, 0.25) is 5.95 Å². The van der Waals surface area contributed by atoms with Gasteiger partial charge in [-0.15, -0.1) is 11.3 Å². The van der Waals surface area contributed by atoms with E-state index in [2.05, 4.69) is 15.2 Å². The Hall–Kier alpha value is -1.40. The van der Waals surface area contributed by atoms with Gasteiger partial charge in [0.1, 0.15) is 4.83 Å². The number of nitrogens with zero attached hydrogens (tertiary/aromatic N) is 3. The molecule has 114 valence electrons. The van der Waals surface area contributed by atoms with Crippen LogP contribution in [-0.2, 0) is 19.9 Å². The van der Waals surface area contributed by atoms with Crippen molar-refractivity contribution in [1.82, 2.24) is 14.5 Å². The Kier molecular flexibility index (Phi) is 3.99. The normalized spacial score (nSPS) is 14.7. The number of aryl methyl sites for hydroxylation is 2. The molecule has 0 saturated carbocycles. The van der Waals surface area contributed by atoms with Crippen LogP contribution in [0.3, 0.4) is 0 Å². The van der Waals surface area contributed by atoms with Gasteiger partial charge in [0.25, 0.3) is 5.56 Å². The molecule has 0 unspecified atom stereocenters. The summed E-state index contributed by atoms with van der Waals surface area (Å²) in [6.07, 6.45) is 4.54. The van der Waals surface area contributed by atoms with E-state index in [1.807, 2.05) is 14.1 Å². The molecule has 5 nitrogen and oxygen atoms in total. The molecule has 1 aliphatic rings. The maximum atomic E-state index is 12.7. The number of nitrogens with one attached hydrogen (secondary N) is 1. The fraction of sp³-hybridized carbons (Fsp3) is 0.600. The smallest absolute Gasteiger partial charge is 0.263 e. The Morgan fingerprint density at radius 2 is 2.10 bits per heavy atom. The number of thiophene rings is 1. The van der Waals surface area contributed by atoms with Crippen LogP contribution in [0, 0.1) is 0 Å². The second-order valence-electron chi connectivity index (χ2n) is 5.92. The van der Waals surface area contributed by atoms with E-state index < -0.39 is 0 Å². The van der Waals surface area contributed by atoms with Crippen molar-refractivity contribution in [3.63, 3.8) is 0 Å². The van der Waals surface area contributed by atoms with Crippen LogP contribution in [0.15, 0.2) is 4.79 Å². The maximum Gasteiger partial charge on any atom is 0.263 e. The Morgan fingerprint density at radius 1 is 1.33 bits per heavy atom. The molecule has 2 aromatic rings. The Balaban J connectivity index is 2.00.